The number of alkyl halides is 3. The minimum absolute atomic E-state index is 0.0777. The van der Waals surface area contributed by atoms with Crippen LogP contribution in [0, 0.1) is 0 Å². The molecule has 0 aromatic carbocycles. The number of nitrogens with zero attached hydrogens (tertiary/aromatic N) is 5. The van der Waals surface area contributed by atoms with Crippen LogP contribution in [0.15, 0.2) is 18.7 Å². The summed E-state index contributed by atoms with van der Waals surface area (Å²) in [5.41, 5.74) is 0. The van der Waals surface area contributed by atoms with E-state index in [1.165, 1.54) is 10.9 Å². The molecule has 2 N–H and O–H groups in total. The topological polar surface area (TPSA) is 80.5 Å². The van der Waals surface area contributed by atoms with Crippen molar-refractivity contribution in [3.05, 3.63) is 18.7 Å². The Kier molecular flexibility index (Phi) is 4.55. The zero-order chi connectivity index (χ0) is 15.3. The van der Waals surface area contributed by atoms with Gasteiger partial charge in [0.15, 0.2) is 0 Å². The standard InChI is InChI=1S/C11H14F3N7/c1-2-16-8-18-9(17-4-3-11(12,13)14)20-10(19-8)21-6-5-15-7-21/h5-7H,2-4H2,1H3,(H2,16,17,18,19,20). The Morgan fingerprint density at radius 2 is 1.86 bits per heavy atom. The van der Waals surface area contributed by atoms with Crippen molar-refractivity contribution >= 4 is 11.9 Å². The van der Waals surface area contributed by atoms with E-state index >= 15 is 0 Å². The van der Waals surface area contributed by atoms with Gasteiger partial charge in [0.2, 0.25) is 17.8 Å². The fourth-order valence-electron chi connectivity index (χ4n) is 1.49. The second kappa shape index (κ2) is 6.37. The molecule has 2 aromatic heterocycles. The van der Waals surface area contributed by atoms with Gasteiger partial charge < -0.3 is 10.6 Å². The Morgan fingerprint density at radius 3 is 2.43 bits per heavy atom. The van der Waals surface area contributed by atoms with E-state index in [0.29, 0.717) is 6.54 Å². The number of hydrogen-bond donors (Lipinski definition) is 2. The van der Waals surface area contributed by atoms with Crippen LogP contribution in [-0.4, -0.2) is 43.8 Å². The largest absolute Gasteiger partial charge is 0.390 e. The number of hydrogen-bond acceptors (Lipinski definition) is 6. The summed E-state index contributed by atoms with van der Waals surface area (Å²) < 4.78 is 38.0. The third kappa shape index (κ3) is 4.58. The first-order chi connectivity index (χ1) is 9.98. The van der Waals surface area contributed by atoms with E-state index in [4.69, 9.17) is 0 Å². The summed E-state index contributed by atoms with van der Waals surface area (Å²) in [4.78, 5) is 16.1. The van der Waals surface area contributed by atoms with E-state index < -0.39 is 12.6 Å². The molecule has 21 heavy (non-hydrogen) atoms. The average molecular weight is 301 g/mol. The summed E-state index contributed by atoms with van der Waals surface area (Å²) in [6.07, 6.45) is -0.518. The summed E-state index contributed by atoms with van der Waals surface area (Å²) >= 11 is 0. The lowest BCUT2D eigenvalue weighted by Gasteiger charge is -2.10. The highest BCUT2D eigenvalue weighted by molar-refractivity contribution is 5.37. The third-order valence-corrected chi connectivity index (χ3v) is 2.39. The molecule has 10 heteroatoms. The van der Waals surface area contributed by atoms with Crippen LogP contribution in [-0.2, 0) is 0 Å². The van der Waals surface area contributed by atoms with E-state index in [2.05, 4.69) is 30.6 Å². The van der Waals surface area contributed by atoms with Crippen molar-refractivity contribution in [2.75, 3.05) is 23.7 Å². The van der Waals surface area contributed by atoms with Crippen LogP contribution < -0.4 is 10.6 Å². The predicted molar refractivity (Wildman–Crippen MR) is 70.3 cm³/mol. The fourth-order valence-corrected chi connectivity index (χ4v) is 1.49. The first-order valence-corrected chi connectivity index (χ1v) is 6.27. The maximum Gasteiger partial charge on any atom is 0.390 e. The number of halogens is 3. The van der Waals surface area contributed by atoms with Gasteiger partial charge >= 0.3 is 6.18 Å². The van der Waals surface area contributed by atoms with Gasteiger partial charge in [-0.2, -0.15) is 28.1 Å². The summed E-state index contributed by atoms with van der Waals surface area (Å²) in [7, 11) is 0. The second-order valence-electron chi connectivity index (χ2n) is 4.07. The Balaban J connectivity index is 2.16. The molecule has 0 aliphatic carbocycles. The third-order valence-electron chi connectivity index (χ3n) is 2.39. The summed E-state index contributed by atoms with van der Waals surface area (Å²) in [6.45, 7) is 2.13. The van der Waals surface area contributed by atoms with E-state index in [1.807, 2.05) is 6.92 Å². The Labute approximate surface area is 118 Å². The van der Waals surface area contributed by atoms with Crippen LogP contribution in [0.1, 0.15) is 13.3 Å². The number of rotatable bonds is 6. The molecule has 0 aliphatic heterocycles. The van der Waals surface area contributed by atoms with Crippen molar-refractivity contribution < 1.29 is 13.2 Å². The highest BCUT2D eigenvalue weighted by Gasteiger charge is 2.26. The average Bonchev–Trinajstić information content (AvgIpc) is 2.91. The SMILES string of the molecule is CCNc1nc(NCCC(F)(F)F)nc(-n2ccnc2)n1. The van der Waals surface area contributed by atoms with E-state index in [1.54, 1.807) is 12.4 Å². The van der Waals surface area contributed by atoms with Crippen LogP contribution in [0.2, 0.25) is 0 Å². The van der Waals surface area contributed by atoms with Gasteiger partial charge in [0.05, 0.1) is 6.42 Å². The second-order valence-corrected chi connectivity index (χ2v) is 4.07. The molecule has 0 bridgehead atoms. The first kappa shape index (κ1) is 15.0. The minimum atomic E-state index is -4.22. The summed E-state index contributed by atoms with van der Waals surface area (Å²) in [6, 6.07) is 0. The summed E-state index contributed by atoms with van der Waals surface area (Å²) in [5.74, 6) is 0.632. The first-order valence-electron chi connectivity index (χ1n) is 6.27. The van der Waals surface area contributed by atoms with Gasteiger partial charge in [0, 0.05) is 25.5 Å². The molecule has 0 unspecified atom stereocenters. The zero-order valence-corrected chi connectivity index (χ0v) is 11.2. The van der Waals surface area contributed by atoms with Crippen LogP contribution in [0.25, 0.3) is 5.95 Å². The number of nitrogens with one attached hydrogen (secondary N) is 2. The molecule has 0 fully saturated rings. The van der Waals surface area contributed by atoms with Gasteiger partial charge in [-0.3, -0.25) is 4.57 Å². The molecule has 0 atom stereocenters. The molecule has 0 amide bonds. The lowest BCUT2D eigenvalue weighted by atomic mass is 10.4. The number of imidazole rings is 1. The number of anilines is 2. The molecule has 0 saturated carbocycles. The van der Waals surface area contributed by atoms with Crippen molar-refractivity contribution in [2.45, 2.75) is 19.5 Å². The smallest absolute Gasteiger partial charge is 0.354 e. The maximum absolute atomic E-state index is 12.1. The van der Waals surface area contributed by atoms with Crippen LogP contribution in [0.5, 0.6) is 0 Å². The maximum atomic E-state index is 12.1. The molecule has 2 rings (SSSR count). The van der Waals surface area contributed by atoms with Crippen molar-refractivity contribution in [1.82, 2.24) is 24.5 Å². The van der Waals surface area contributed by atoms with Gasteiger partial charge in [-0.1, -0.05) is 0 Å². The highest BCUT2D eigenvalue weighted by atomic mass is 19.4. The minimum Gasteiger partial charge on any atom is -0.354 e. The molecule has 114 valence electrons. The van der Waals surface area contributed by atoms with Gasteiger partial charge in [-0.15, -0.1) is 0 Å². The zero-order valence-electron chi connectivity index (χ0n) is 11.2. The lowest BCUT2D eigenvalue weighted by molar-refractivity contribution is -0.131. The molecule has 2 heterocycles. The Bertz CT molecular complexity index is 568. The van der Waals surface area contributed by atoms with Crippen LogP contribution in [0.4, 0.5) is 25.1 Å². The quantitative estimate of drug-likeness (QED) is 0.847. The molecule has 0 radical (unpaired) electrons. The van der Waals surface area contributed by atoms with Crippen molar-refractivity contribution in [3.8, 4) is 5.95 Å². The van der Waals surface area contributed by atoms with Gasteiger partial charge in [0.1, 0.15) is 6.33 Å². The van der Waals surface area contributed by atoms with Crippen LogP contribution in [0.3, 0.4) is 0 Å². The van der Waals surface area contributed by atoms with E-state index in [0.717, 1.165) is 0 Å². The summed E-state index contributed by atoms with van der Waals surface area (Å²) in [5, 5.41) is 5.45. The van der Waals surface area contributed by atoms with Gasteiger partial charge in [-0.05, 0) is 6.92 Å². The van der Waals surface area contributed by atoms with E-state index in [-0.39, 0.29) is 24.4 Å². The molecule has 0 spiro atoms. The van der Waals surface area contributed by atoms with Gasteiger partial charge in [-0.25, -0.2) is 4.98 Å². The van der Waals surface area contributed by atoms with Crippen molar-refractivity contribution in [2.24, 2.45) is 0 Å². The Morgan fingerprint density at radius 1 is 1.14 bits per heavy atom. The van der Waals surface area contributed by atoms with E-state index in [9.17, 15) is 13.2 Å². The molecule has 2 aromatic rings. The lowest BCUT2D eigenvalue weighted by Crippen LogP contribution is -2.17. The van der Waals surface area contributed by atoms with Gasteiger partial charge in [0.25, 0.3) is 0 Å². The normalized spacial score (nSPS) is 11.4. The molecular weight excluding hydrogens is 287 g/mol. The van der Waals surface area contributed by atoms with Crippen LogP contribution >= 0.6 is 0 Å². The fraction of sp³-hybridized carbons (Fsp3) is 0.455. The molecule has 0 saturated heterocycles. The van der Waals surface area contributed by atoms with Crippen molar-refractivity contribution in [3.63, 3.8) is 0 Å². The highest BCUT2D eigenvalue weighted by Crippen LogP contribution is 2.19. The van der Waals surface area contributed by atoms with Crippen molar-refractivity contribution in [1.29, 1.82) is 0 Å². The predicted octanol–water partition coefficient (Wildman–Crippen LogP) is 1.85. The molecule has 0 aliphatic rings. The molecular formula is C11H14F3N7. The monoisotopic (exact) mass is 301 g/mol. The number of aromatic nitrogens is 5. The Hall–Kier alpha value is -2.39. The molecule has 7 nitrogen and oxygen atoms in total.